The van der Waals surface area contributed by atoms with Crippen LogP contribution in [0, 0.1) is 27.8 Å². The second-order valence-corrected chi connectivity index (χ2v) is 9.67. The van der Waals surface area contributed by atoms with Gasteiger partial charge in [0.2, 0.25) is 0 Å². The Bertz CT molecular complexity index is 1080. The third kappa shape index (κ3) is 11.8. The summed E-state index contributed by atoms with van der Waals surface area (Å²) in [6, 6.07) is 13.2. The highest BCUT2D eigenvalue weighted by molar-refractivity contribution is 14.1. The molecule has 2 atom stereocenters. The van der Waals surface area contributed by atoms with E-state index in [-0.39, 0.29) is 18.3 Å². The van der Waals surface area contributed by atoms with Crippen molar-refractivity contribution in [3.63, 3.8) is 0 Å². The van der Waals surface area contributed by atoms with Crippen molar-refractivity contribution in [1.29, 1.82) is 0 Å². The number of benzene rings is 2. The Morgan fingerprint density at radius 2 is 1.71 bits per heavy atom. The molecule has 184 valence electrons. The Balaban J connectivity index is 0.000000566. The molecule has 0 spiro atoms. The van der Waals surface area contributed by atoms with Crippen molar-refractivity contribution < 1.29 is 23.9 Å². The molecule has 0 aliphatic carbocycles. The van der Waals surface area contributed by atoms with Gasteiger partial charge in [-0.3, -0.25) is 14.4 Å². The first-order chi connectivity index (χ1) is 16.5. The second kappa shape index (κ2) is 15.1. The number of aldehydes is 1. The van der Waals surface area contributed by atoms with Gasteiger partial charge in [-0.15, -0.1) is 6.42 Å². The van der Waals surface area contributed by atoms with Crippen molar-refractivity contribution in [3.8, 4) is 24.2 Å². The molecule has 0 aliphatic rings. The lowest BCUT2D eigenvalue weighted by atomic mass is 10.0. The fourth-order valence-electron chi connectivity index (χ4n) is 2.90. The van der Waals surface area contributed by atoms with E-state index >= 15 is 0 Å². The van der Waals surface area contributed by atoms with Gasteiger partial charge in [0.25, 0.3) is 5.91 Å². The lowest BCUT2D eigenvalue weighted by Crippen LogP contribution is -2.51. The highest BCUT2D eigenvalue weighted by atomic mass is 127. The van der Waals surface area contributed by atoms with Crippen LogP contribution in [0.5, 0.6) is 0 Å². The topological polar surface area (TPSA) is 81.7 Å². The Hall–Kier alpha value is -2.98. The van der Waals surface area contributed by atoms with Crippen LogP contribution in [0.3, 0.4) is 0 Å². The van der Waals surface area contributed by atoms with Crippen molar-refractivity contribution in [2.24, 2.45) is 0 Å². The van der Waals surface area contributed by atoms with Gasteiger partial charge in [0.05, 0.1) is 11.7 Å². The fourth-order valence-corrected chi connectivity index (χ4v) is 3.26. The number of hydrogen-bond acceptors (Lipinski definition) is 5. The molecule has 0 radical (unpaired) electrons. The largest absolute Gasteiger partial charge is 0.377 e. The zero-order valence-electron chi connectivity index (χ0n) is 20.6. The Morgan fingerprint density at radius 3 is 2.20 bits per heavy atom. The van der Waals surface area contributed by atoms with Crippen LogP contribution in [0.15, 0.2) is 48.5 Å². The first-order valence-electron chi connectivity index (χ1n) is 10.8. The van der Waals surface area contributed by atoms with Crippen LogP contribution in [0.2, 0.25) is 0 Å². The van der Waals surface area contributed by atoms with E-state index in [2.05, 4.69) is 45.7 Å². The molecule has 7 heteroatoms. The number of nitrogens with one attached hydrogen (secondary N) is 1. The van der Waals surface area contributed by atoms with E-state index < -0.39 is 17.7 Å². The van der Waals surface area contributed by atoms with Crippen LogP contribution in [-0.2, 0) is 14.3 Å². The molecular weight excluding hydrogens is 557 g/mol. The predicted molar refractivity (Wildman–Crippen MR) is 145 cm³/mol. The molecular formula is C28H30INO5. The summed E-state index contributed by atoms with van der Waals surface area (Å²) in [5, 5.41) is 2.74. The molecule has 0 heterocycles. The molecule has 0 saturated carbocycles. The maximum Gasteiger partial charge on any atom is 0.251 e. The summed E-state index contributed by atoms with van der Waals surface area (Å²) >= 11 is 2.20. The van der Waals surface area contributed by atoms with Gasteiger partial charge in [-0.25, -0.2) is 0 Å². The number of halogens is 1. The minimum absolute atomic E-state index is 0.108. The van der Waals surface area contributed by atoms with Gasteiger partial charge < -0.3 is 14.8 Å². The van der Waals surface area contributed by atoms with Gasteiger partial charge in [-0.2, -0.15) is 0 Å². The van der Waals surface area contributed by atoms with Crippen molar-refractivity contribution in [2.75, 3.05) is 13.7 Å². The second-order valence-electron chi connectivity index (χ2n) is 8.43. The van der Waals surface area contributed by atoms with E-state index in [4.69, 9.17) is 15.9 Å². The van der Waals surface area contributed by atoms with Gasteiger partial charge in [-0.05, 0) is 98.5 Å². The van der Waals surface area contributed by atoms with E-state index in [1.807, 2.05) is 32.9 Å². The highest BCUT2D eigenvalue weighted by Crippen LogP contribution is 2.14. The molecule has 6 nitrogen and oxygen atoms in total. The van der Waals surface area contributed by atoms with E-state index in [1.54, 1.807) is 43.3 Å². The predicted octanol–water partition coefficient (Wildman–Crippen LogP) is 4.29. The fraction of sp³-hybridized carbons (Fsp3) is 0.321. The number of carbonyl (C=O) groups is 3. The number of ether oxygens (including phenoxy) is 2. The molecule has 0 aromatic heterocycles. The molecule has 0 saturated heterocycles. The zero-order valence-corrected chi connectivity index (χ0v) is 22.7. The van der Waals surface area contributed by atoms with Crippen molar-refractivity contribution in [1.82, 2.24) is 5.32 Å². The van der Waals surface area contributed by atoms with E-state index in [1.165, 1.54) is 7.11 Å². The van der Waals surface area contributed by atoms with Gasteiger partial charge in [-0.1, -0.05) is 18.1 Å². The summed E-state index contributed by atoms with van der Waals surface area (Å²) in [5.41, 5.74) is 1.40. The van der Waals surface area contributed by atoms with Crippen LogP contribution < -0.4 is 5.32 Å². The number of rotatable bonds is 8. The minimum Gasteiger partial charge on any atom is -0.377 e. The number of methoxy groups -OCH3 is 1. The van der Waals surface area contributed by atoms with Gasteiger partial charge in [0.1, 0.15) is 18.9 Å². The molecule has 35 heavy (non-hydrogen) atoms. The summed E-state index contributed by atoms with van der Waals surface area (Å²) < 4.78 is 11.9. The molecule has 0 fully saturated rings. The molecule has 0 bridgehead atoms. The van der Waals surface area contributed by atoms with Crippen LogP contribution >= 0.6 is 22.6 Å². The van der Waals surface area contributed by atoms with Gasteiger partial charge in [0, 0.05) is 27.4 Å². The van der Waals surface area contributed by atoms with Crippen molar-refractivity contribution in [2.45, 2.75) is 45.4 Å². The van der Waals surface area contributed by atoms with Crippen molar-refractivity contribution in [3.05, 3.63) is 68.8 Å². The standard InChI is InChI=1S/C21H25NO4.C7H5IO/c1-7-8-9-16-10-12-17(13-11-16)20(24)22-19(18(23)14-25-6)15(2)26-21(3,4)5;8-7-3-1-6(5-9)2-4-7/h1,10-13,15,19H,14H2,2-6H3,(H,22,24);1-5H/t15-,19?;/m1./s1. The molecule has 2 aromatic rings. The van der Waals surface area contributed by atoms with Gasteiger partial charge in [0.15, 0.2) is 5.78 Å². The van der Waals surface area contributed by atoms with Crippen molar-refractivity contribution >= 4 is 40.6 Å². The van der Waals surface area contributed by atoms with E-state index in [9.17, 15) is 14.4 Å². The maximum atomic E-state index is 12.5. The van der Waals surface area contributed by atoms with Crippen LogP contribution in [-0.4, -0.2) is 49.4 Å². The SMILES string of the molecule is C#CC#Cc1ccc(C(=O)NC(C(=O)COC)[C@@H](C)OC(C)(C)C)cc1.O=Cc1ccc(I)cc1. The molecule has 1 unspecified atom stereocenters. The zero-order chi connectivity index (χ0) is 26.4. The number of ketones is 1. The summed E-state index contributed by atoms with van der Waals surface area (Å²) in [5.74, 6) is 6.89. The van der Waals surface area contributed by atoms with E-state index in [0.29, 0.717) is 11.1 Å². The quantitative estimate of drug-likeness (QED) is 0.283. The highest BCUT2D eigenvalue weighted by Gasteiger charge is 2.30. The molecule has 2 aromatic carbocycles. The number of carbonyl (C=O) groups excluding carboxylic acids is 3. The van der Waals surface area contributed by atoms with Gasteiger partial charge >= 0.3 is 0 Å². The number of amides is 1. The maximum absolute atomic E-state index is 12.5. The number of terminal acetylenes is 1. The summed E-state index contributed by atoms with van der Waals surface area (Å²) in [6.45, 7) is 7.31. The Morgan fingerprint density at radius 1 is 1.11 bits per heavy atom. The lowest BCUT2D eigenvalue weighted by Gasteiger charge is -2.30. The lowest BCUT2D eigenvalue weighted by molar-refractivity contribution is -0.132. The van der Waals surface area contributed by atoms with Crippen LogP contribution in [0.4, 0.5) is 0 Å². The summed E-state index contributed by atoms with van der Waals surface area (Å²) in [6.07, 6.45) is 5.42. The molecule has 1 N–H and O–H groups in total. The van der Waals surface area contributed by atoms with Crippen LogP contribution in [0.25, 0.3) is 0 Å². The molecule has 2 rings (SSSR count). The third-order valence-electron chi connectivity index (χ3n) is 4.36. The first kappa shape index (κ1) is 30.1. The summed E-state index contributed by atoms with van der Waals surface area (Å²) in [4.78, 5) is 35.0. The normalized spacial score (nSPS) is 11.9. The average molecular weight is 587 g/mol. The molecule has 1 amide bonds. The summed E-state index contributed by atoms with van der Waals surface area (Å²) in [7, 11) is 1.43. The third-order valence-corrected chi connectivity index (χ3v) is 5.08. The smallest absolute Gasteiger partial charge is 0.251 e. The first-order valence-corrected chi connectivity index (χ1v) is 11.9. The monoisotopic (exact) mass is 587 g/mol. The van der Waals surface area contributed by atoms with E-state index in [0.717, 1.165) is 15.4 Å². The number of hydrogen-bond donors (Lipinski definition) is 1. The number of Topliss-reactive ketones (excluding diaryl/α,β-unsaturated/α-hetero) is 1. The Labute approximate surface area is 221 Å². The van der Waals surface area contributed by atoms with Crippen LogP contribution in [0.1, 0.15) is 54.0 Å². The average Bonchev–Trinajstić information content (AvgIpc) is 2.81. The Kier molecular flexibility index (Phi) is 13.0. The molecule has 0 aliphatic heterocycles. The minimum atomic E-state index is -0.817.